The van der Waals surface area contributed by atoms with Gasteiger partial charge in [-0.15, -0.1) is 0 Å². The van der Waals surface area contributed by atoms with E-state index in [0.29, 0.717) is 11.1 Å². The summed E-state index contributed by atoms with van der Waals surface area (Å²) in [6.07, 6.45) is 1.49. The smallest absolute Gasteiger partial charge is 0.259 e. The largest absolute Gasteiger partial charge is 0.463 e. The molecule has 100 valence electrons. The number of para-hydroxylation sites is 1. The Bertz CT molecular complexity index is 764. The number of carbonyl (C=O) groups excluding carboxylic acids is 1. The zero-order valence-corrected chi connectivity index (χ0v) is 12.2. The molecule has 0 saturated heterocycles. The van der Waals surface area contributed by atoms with Gasteiger partial charge in [-0.3, -0.25) is 4.79 Å². The monoisotopic (exact) mass is 329 g/mol. The summed E-state index contributed by atoms with van der Waals surface area (Å²) in [5.74, 6) is -0.165. The number of nitrogens with one attached hydrogen (secondary N) is 1. The molecule has 1 heterocycles. The number of carbonyl (C=O) groups is 1. The molecule has 20 heavy (non-hydrogen) atoms. The van der Waals surface area contributed by atoms with Crippen LogP contribution in [0.3, 0.4) is 0 Å². The van der Waals surface area contributed by atoms with Crippen LogP contribution in [0.25, 0.3) is 11.0 Å². The van der Waals surface area contributed by atoms with Crippen molar-refractivity contribution in [1.82, 2.24) is 0 Å². The van der Waals surface area contributed by atoms with Gasteiger partial charge in [0.1, 0.15) is 11.8 Å². The van der Waals surface area contributed by atoms with Crippen molar-refractivity contribution in [2.24, 2.45) is 0 Å². The first-order valence-corrected chi connectivity index (χ1v) is 7.32. The minimum Gasteiger partial charge on any atom is -0.463 e. The number of fused-ring (bicyclic) bond motifs is 1. The summed E-state index contributed by atoms with van der Waals surface area (Å²) >= 11 is 3.40. The highest BCUT2D eigenvalue weighted by molar-refractivity contribution is 9.08. The molecule has 0 aliphatic carbocycles. The second kappa shape index (κ2) is 5.51. The molecule has 3 nitrogen and oxygen atoms in total. The molecule has 0 atom stereocenters. The lowest BCUT2D eigenvalue weighted by Gasteiger charge is -2.05. The quantitative estimate of drug-likeness (QED) is 0.714. The summed E-state index contributed by atoms with van der Waals surface area (Å²) in [7, 11) is 0. The fraction of sp³-hybridized carbons (Fsp3) is 0.0625. The molecule has 0 spiro atoms. The molecule has 0 saturated carbocycles. The maximum Gasteiger partial charge on any atom is 0.259 e. The topological polar surface area (TPSA) is 42.2 Å². The highest BCUT2D eigenvalue weighted by Crippen LogP contribution is 2.22. The SMILES string of the molecule is O=C(Nc1cccc(CBr)c1)c1coc2ccccc12. The van der Waals surface area contributed by atoms with E-state index in [1.807, 2.05) is 48.5 Å². The number of amides is 1. The van der Waals surface area contributed by atoms with Gasteiger partial charge in [0, 0.05) is 16.4 Å². The van der Waals surface area contributed by atoms with Gasteiger partial charge in [0.15, 0.2) is 0 Å². The second-order valence-electron chi connectivity index (χ2n) is 4.43. The molecule has 4 heteroatoms. The normalized spacial score (nSPS) is 10.7. The fourth-order valence-corrected chi connectivity index (χ4v) is 2.43. The lowest BCUT2D eigenvalue weighted by atomic mass is 10.1. The molecule has 1 aromatic heterocycles. The average Bonchev–Trinajstić information content (AvgIpc) is 2.91. The number of anilines is 1. The van der Waals surface area contributed by atoms with Crippen LogP contribution < -0.4 is 5.32 Å². The van der Waals surface area contributed by atoms with E-state index >= 15 is 0 Å². The van der Waals surface area contributed by atoms with Crippen molar-refractivity contribution in [3.05, 3.63) is 65.9 Å². The van der Waals surface area contributed by atoms with Gasteiger partial charge in [-0.05, 0) is 23.8 Å². The van der Waals surface area contributed by atoms with E-state index in [-0.39, 0.29) is 5.91 Å². The highest BCUT2D eigenvalue weighted by Gasteiger charge is 2.13. The lowest BCUT2D eigenvalue weighted by Crippen LogP contribution is -2.11. The third kappa shape index (κ3) is 2.47. The predicted molar refractivity (Wildman–Crippen MR) is 83.2 cm³/mol. The van der Waals surface area contributed by atoms with E-state index in [0.717, 1.165) is 22.0 Å². The van der Waals surface area contributed by atoms with Gasteiger partial charge in [-0.1, -0.05) is 46.3 Å². The first-order chi connectivity index (χ1) is 9.78. The third-order valence-electron chi connectivity index (χ3n) is 3.06. The Morgan fingerprint density at radius 1 is 1.15 bits per heavy atom. The van der Waals surface area contributed by atoms with Gasteiger partial charge in [0.25, 0.3) is 5.91 Å². The molecule has 0 unspecified atom stereocenters. The highest BCUT2D eigenvalue weighted by atomic mass is 79.9. The van der Waals surface area contributed by atoms with Crippen molar-refractivity contribution < 1.29 is 9.21 Å². The van der Waals surface area contributed by atoms with E-state index < -0.39 is 0 Å². The molecule has 0 aliphatic rings. The molecule has 0 aliphatic heterocycles. The fourth-order valence-electron chi connectivity index (χ4n) is 2.08. The Kier molecular flexibility index (Phi) is 3.56. The summed E-state index contributed by atoms with van der Waals surface area (Å²) in [5, 5.41) is 4.47. The second-order valence-corrected chi connectivity index (χ2v) is 4.99. The zero-order valence-electron chi connectivity index (χ0n) is 10.6. The van der Waals surface area contributed by atoms with Crippen LogP contribution in [0.4, 0.5) is 5.69 Å². The standard InChI is InChI=1S/C16H12BrNO2/c17-9-11-4-3-5-12(8-11)18-16(19)14-10-20-15-7-2-1-6-13(14)15/h1-8,10H,9H2,(H,18,19). The summed E-state index contributed by atoms with van der Waals surface area (Å²) in [4.78, 5) is 12.3. The number of benzene rings is 2. The third-order valence-corrected chi connectivity index (χ3v) is 3.71. The van der Waals surface area contributed by atoms with Crippen LogP contribution in [0.1, 0.15) is 15.9 Å². The summed E-state index contributed by atoms with van der Waals surface area (Å²) in [5.41, 5.74) is 3.15. The van der Waals surface area contributed by atoms with E-state index in [9.17, 15) is 4.79 Å². The molecular formula is C16H12BrNO2. The van der Waals surface area contributed by atoms with Gasteiger partial charge < -0.3 is 9.73 Å². The Hall–Kier alpha value is -2.07. The van der Waals surface area contributed by atoms with Gasteiger partial charge in [0.2, 0.25) is 0 Å². The van der Waals surface area contributed by atoms with Crippen molar-refractivity contribution in [1.29, 1.82) is 0 Å². The minimum absolute atomic E-state index is 0.165. The maximum atomic E-state index is 12.3. The lowest BCUT2D eigenvalue weighted by molar-refractivity contribution is 0.102. The zero-order chi connectivity index (χ0) is 13.9. The first kappa shape index (κ1) is 12.9. The van der Waals surface area contributed by atoms with Crippen molar-refractivity contribution in [3.63, 3.8) is 0 Å². The molecule has 0 fully saturated rings. The Balaban J connectivity index is 1.89. The molecule has 0 bridgehead atoms. The molecule has 2 aromatic carbocycles. The van der Waals surface area contributed by atoms with Gasteiger partial charge in [0.05, 0.1) is 5.56 Å². The van der Waals surface area contributed by atoms with Crippen molar-refractivity contribution in [2.75, 3.05) is 5.32 Å². The summed E-state index contributed by atoms with van der Waals surface area (Å²) in [6.45, 7) is 0. The Labute approximate surface area is 124 Å². The van der Waals surface area contributed by atoms with Crippen LogP contribution >= 0.6 is 15.9 Å². The molecule has 0 radical (unpaired) electrons. The van der Waals surface area contributed by atoms with Crippen LogP contribution in [0.2, 0.25) is 0 Å². The van der Waals surface area contributed by atoms with Gasteiger partial charge in [-0.2, -0.15) is 0 Å². The number of furan rings is 1. The van der Waals surface area contributed by atoms with Crippen LogP contribution in [-0.2, 0) is 5.33 Å². The average molecular weight is 330 g/mol. The van der Waals surface area contributed by atoms with Gasteiger partial charge in [-0.25, -0.2) is 0 Å². The molecule has 3 rings (SSSR count). The van der Waals surface area contributed by atoms with Crippen molar-refractivity contribution in [3.8, 4) is 0 Å². The molecule has 1 amide bonds. The van der Waals surface area contributed by atoms with Crippen LogP contribution in [0, 0.1) is 0 Å². The number of hydrogen-bond acceptors (Lipinski definition) is 2. The van der Waals surface area contributed by atoms with Crippen LogP contribution in [-0.4, -0.2) is 5.91 Å². The predicted octanol–water partition coefficient (Wildman–Crippen LogP) is 4.58. The molecular weight excluding hydrogens is 318 g/mol. The maximum absolute atomic E-state index is 12.3. The van der Waals surface area contributed by atoms with Crippen molar-refractivity contribution >= 4 is 38.5 Å². The number of hydrogen-bond donors (Lipinski definition) is 1. The van der Waals surface area contributed by atoms with Crippen LogP contribution in [0.5, 0.6) is 0 Å². The number of halogens is 1. The van der Waals surface area contributed by atoms with E-state index in [4.69, 9.17) is 4.42 Å². The first-order valence-electron chi connectivity index (χ1n) is 6.20. The Morgan fingerprint density at radius 3 is 2.85 bits per heavy atom. The molecule has 3 aromatic rings. The van der Waals surface area contributed by atoms with Crippen LogP contribution in [0.15, 0.2) is 59.2 Å². The van der Waals surface area contributed by atoms with Crippen molar-refractivity contribution in [2.45, 2.75) is 5.33 Å². The minimum atomic E-state index is -0.165. The van der Waals surface area contributed by atoms with E-state index in [2.05, 4.69) is 21.2 Å². The number of alkyl halides is 1. The molecule has 1 N–H and O–H groups in total. The van der Waals surface area contributed by atoms with E-state index in [1.165, 1.54) is 6.26 Å². The van der Waals surface area contributed by atoms with E-state index in [1.54, 1.807) is 0 Å². The summed E-state index contributed by atoms with van der Waals surface area (Å²) < 4.78 is 5.38. The Morgan fingerprint density at radius 2 is 2.00 bits per heavy atom. The number of rotatable bonds is 3. The summed E-state index contributed by atoms with van der Waals surface area (Å²) in [6, 6.07) is 15.2. The van der Waals surface area contributed by atoms with Gasteiger partial charge >= 0.3 is 0 Å².